The number of halogens is 1. The molecule has 0 fully saturated rings. The van der Waals surface area contributed by atoms with E-state index in [0.29, 0.717) is 0 Å². The fraction of sp³-hybridized carbons (Fsp3) is 0.222. The Labute approximate surface area is 79.1 Å². The standard InChI is InChI=1S/C9H9BrN2/c1-5-3-8-7(4-11-12-8)9(10)6(5)2/h3-4H,1-2H3,(H,11,12). The Morgan fingerprint density at radius 2 is 2.17 bits per heavy atom. The molecule has 0 aliphatic heterocycles. The molecule has 0 radical (unpaired) electrons. The number of fused-ring (bicyclic) bond motifs is 1. The van der Waals surface area contributed by atoms with Crippen LogP contribution < -0.4 is 0 Å². The van der Waals surface area contributed by atoms with Crippen LogP contribution in [0, 0.1) is 13.8 Å². The number of aryl methyl sites for hydroxylation is 1. The summed E-state index contributed by atoms with van der Waals surface area (Å²) in [7, 11) is 0. The summed E-state index contributed by atoms with van der Waals surface area (Å²) in [6.07, 6.45) is 1.84. The van der Waals surface area contributed by atoms with Gasteiger partial charge in [0.15, 0.2) is 0 Å². The summed E-state index contributed by atoms with van der Waals surface area (Å²) in [5, 5.41) is 8.09. The normalized spacial score (nSPS) is 10.9. The highest BCUT2D eigenvalue weighted by Crippen LogP contribution is 2.28. The number of hydrogen-bond acceptors (Lipinski definition) is 1. The smallest absolute Gasteiger partial charge is 0.0664 e. The van der Waals surface area contributed by atoms with E-state index in [2.05, 4.69) is 46.0 Å². The Bertz CT molecular complexity index is 431. The first-order chi connectivity index (χ1) is 5.70. The van der Waals surface area contributed by atoms with Crippen molar-refractivity contribution >= 4 is 26.8 Å². The fourth-order valence-electron chi connectivity index (χ4n) is 1.28. The minimum atomic E-state index is 1.09. The second-order valence-corrected chi connectivity index (χ2v) is 3.76. The maximum absolute atomic E-state index is 3.99. The van der Waals surface area contributed by atoms with Crippen molar-refractivity contribution in [2.45, 2.75) is 13.8 Å². The monoisotopic (exact) mass is 224 g/mol. The first-order valence-electron chi connectivity index (χ1n) is 3.79. The fourth-order valence-corrected chi connectivity index (χ4v) is 1.91. The number of nitrogens with one attached hydrogen (secondary N) is 1. The lowest BCUT2D eigenvalue weighted by molar-refractivity contribution is 1.12. The lowest BCUT2D eigenvalue weighted by Crippen LogP contribution is -1.83. The Morgan fingerprint density at radius 3 is 2.92 bits per heavy atom. The van der Waals surface area contributed by atoms with Crippen LogP contribution in [0.2, 0.25) is 0 Å². The summed E-state index contributed by atoms with van der Waals surface area (Å²) >= 11 is 3.55. The predicted molar refractivity (Wildman–Crippen MR) is 53.3 cm³/mol. The third-order valence-electron chi connectivity index (χ3n) is 2.19. The third kappa shape index (κ3) is 0.966. The molecule has 62 valence electrons. The lowest BCUT2D eigenvalue weighted by Gasteiger charge is -2.02. The predicted octanol–water partition coefficient (Wildman–Crippen LogP) is 2.94. The number of hydrogen-bond donors (Lipinski definition) is 1. The Hall–Kier alpha value is -0.830. The van der Waals surface area contributed by atoms with Crippen LogP contribution in [-0.4, -0.2) is 10.2 Å². The van der Waals surface area contributed by atoms with Crippen LogP contribution >= 0.6 is 15.9 Å². The number of nitrogens with zero attached hydrogens (tertiary/aromatic N) is 1. The summed E-state index contributed by atoms with van der Waals surface area (Å²) < 4.78 is 1.14. The molecule has 0 atom stereocenters. The number of H-pyrrole nitrogens is 1. The Kier molecular flexibility index (Phi) is 1.68. The molecule has 0 bridgehead atoms. The van der Waals surface area contributed by atoms with E-state index >= 15 is 0 Å². The molecular weight excluding hydrogens is 216 g/mol. The van der Waals surface area contributed by atoms with Crippen molar-refractivity contribution in [1.29, 1.82) is 0 Å². The molecule has 2 aromatic rings. The molecule has 0 spiro atoms. The molecule has 3 heteroatoms. The molecule has 1 heterocycles. The van der Waals surface area contributed by atoms with Crippen LogP contribution in [0.25, 0.3) is 10.9 Å². The summed E-state index contributed by atoms with van der Waals surface area (Å²) in [4.78, 5) is 0. The minimum absolute atomic E-state index is 1.09. The van der Waals surface area contributed by atoms with Crippen molar-refractivity contribution in [3.8, 4) is 0 Å². The van der Waals surface area contributed by atoms with Gasteiger partial charge in [0.05, 0.1) is 11.7 Å². The van der Waals surface area contributed by atoms with Gasteiger partial charge in [-0.15, -0.1) is 0 Å². The largest absolute Gasteiger partial charge is 0.278 e. The van der Waals surface area contributed by atoms with Gasteiger partial charge >= 0.3 is 0 Å². The van der Waals surface area contributed by atoms with Crippen molar-refractivity contribution in [2.24, 2.45) is 0 Å². The first kappa shape index (κ1) is 7.80. The summed E-state index contributed by atoms with van der Waals surface area (Å²) in [5.74, 6) is 0. The zero-order valence-corrected chi connectivity index (χ0v) is 8.57. The molecule has 2 rings (SSSR count). The number of aromatic nitrogens is 2. The van der Waals surface area contributed by atoms with E-state index in [-0.39, 0.29) is 0 Å². The summed E-state index contributed by atoms with van der Waals surface area (Å²) in [6, 6.07) is 2.11. The summed E-state index contributed by atoms with van der Waals surface area (Å²) in [5.41, 5.74) is 3.65. The average Bonchev–Trinajstić information content (AvgIpc) is 2.48. The van der Waals surface area contributed by atoms with Crippen LogP contribution in [0.3, 0.4) is 0 Å². The van der Waals surface area contributed by atoms with Crippen LogP contribution in [0.5, 0.6) is 0 Å². The van der Waals surface area contributed by atoms with E-state index in [0.717, 1.165) is 15.4 Å². The van der Waals surface area contributed by atoms with Gasteiger partial charge in [0, 0.05) is 9.86 Å². The van der Waals surface area contributed by atoms with Gasteiger partial charge in [0.1, 0.15) is 0 Å². The van der Waals surface area contributed by atoms with Gasteiger partial charge in [-0.2, -0.15) is 5.10 Å². The molecular formula is C9H9BrN2. The van der Waals surface area contributed by atoms with Crippen LogP contribution in [0.4, 0.5) is 0 Å². The highest BCUT2D eigenvalue weighted by molar-refractivity contribution is 9.10. The minimum Gasteiger partial charge on any atom is -0.278 e. The molecule has 0 amide bonds. The van der Waals surface area contributed by atoms with E-state index in [1.54, 1.807) is 0 Å². The maximum atomic E-state index is 3.99. The van der Waals surface area contributed by atoms with Crippen molar-refractivity contribution in [2.75, 3.05) is 0 Å². The number of aromatic amines is 1. The van der Waals surface area contributed by atoms with E-state index in [9.17, 15) is 0 Å². The van der Waals surface area contributed by atoms with E-state index in [1.807, 2.05) is 6.20 Å². The second kappa shape index (κ2) is 2.59. The molecule has 0 aliphatic carbocycles. The maximum Gasteiger partial charge on any atom is 0.0664 e. The molecule has 1 N–H and O–H groups in total. The molecule has 2 nitrogen and oxygen atoms in total. The number of rotatable bonds is 0. The van der Waals surface area contributed by atoms with Crippen molar-refractivity contribution in [3.63, 3.8) is 0 Å². The molecule has 12 heavy (non-hydrogen) atoms. The van der Waals surface area contributed by atoms with Gasteiger partial charge < -0.3 is 0 Å². The van der Waals surface area contributed by atoms with Gasteiger partial charge in [-0.3, -0.25) is 5.10 Å². The van der Waals surface area contributed by atoms with E-state index < -0.39 is 0 Å². The zero-order valence-electron chi connectivity index (χ0n) is 6.98. The Balaban J connectivity index is 2.94. The van der Waals surface area contributed by atoms with Crippen molar-refractivity contribution < 1.29 is 0 Å². The van der Waals surface area contributed by atoms with Gasteiger partial charge in [0.25, 0.3) is 0 Å². The number of benzene rings is 1. The van der Waals surface area contributed by atoms with Gasteiger partial charge in [-0.25, -0.2) is 0 Å². The third-order valence-corrected chi connectivity index (χ3v) is 3.21. The SMILES string of the molecule is Cc1cc2[nH]ncc2c(Br)c1C. The highest BCUT2D eigenvalue weighted by atomic mass is 79.9. The molecule has 1 aromatic heterocycles. The quantitative estimate of drug-likeness (QED) is 0.733. The van der Waals surface area contributed by atoms with Gasteiger partial charge in [-0.1, -0.05) is 0 Å². The molecule has 0 saturated carbocycles. The van der Waals surface area contributed by atoms with Gasteiger partial charge in [0.2, 0.25) is 0 Å². The topological polar surface area (TPSA) is 28.7 Å². The molecule has 1 aromatic carbocycles. The lowest BCUT2D eigenvalue weighted by atomic mass is 10.1. The molecule has 0 unspecified atom stereocenters. The molecule has 0 aliphatic rings. The second-order valence-electron chi connectivity index (χ2n) is 2.96. The van der Waals surface area contributed by atoms with Gasteiger partial charge in [-0.05, 0) is 47.0 Å². The highest BCUT2D eigenvalue weighted by Gasteiger charge is 2.05. The van der Waals surface area contributed by atoms with Crippen molar-refractivity contribution in [1.82, 2.24) is 10.2 Å². The van der Waals surface area contributed by atoms with Crippen LogP contribution in [0.15, 0.2) is 16.7 Å². The van der Waals surface area contributed by atoms with E-state index in [4.69, 9.17) is 0 Å². The first-order valence-corrected chi connectivity index (χ1v) is 4.58. The van der Waals surface area contributed by atoms with Crippen LogP contribution in [0.1, 0.15) is 11.1 Å². The molecule has 0 saturated heterocycles. The zero-order chi connectivity index (χ0) is 8.72. The van der Waals surface area contributed by atoms with Crippen LogP contribution in [-0.2, 0) is 0 Å². The van der Waals surface area contributed by atoms with Crippen molar-refractivity contribution in [3.05, 3.63) is 27.9 Å². The summed E-state index contributed by atoms with van der Waals surface area (Å²) in [6.45, 7) is 4.20. The Morgan fingerprint density at radius 1 is 1.42 bits per heavy atom. The van der Waals surface area contributed by atoms with E-state index in [1.165, 1.54) is 11.1 Å². The average molecular weight is 225 g/mol.